The number of hydrogen-bond donors (Lipinski definition) is 3. The quantitative estimate of drug-likeness (QED) is 0.756. The molecule has 0 unspecified atom stereocenters. The molecule has 0 atom stereocenters. The summed E-state index contributed by atoms with van der Waals surface area (Å²) in [6, 6.07) is 7.12. The number of carbonyl (C=O) groups is 1. The summed E-state index contributed by atoms with van der Waals surface area (Å²) in [5, 5.41) is 18.2. The van der Waals surface area contributed by atoms with Crippen molar-refractivity contribution < 1.29 is 9.90 Å². The highest BCUT2D eigenvalue weighted by molar-refractivity contribution is 7.13. The molecule has 1 aliphatic carbocycles. The van der Waals surface area contributed by atoms with E-state index in [1.165, 1.54) is 43.1 Å². The van der Waals surface area contributed by atoms with E-state index in [0.717, 1.165) is 5.13 Å². The number of phenolic OH excluding ortho intramolecular Hbond substituents is 1. The maximum atomic E-state index is 12.1. The Labute approximate surface area is 127 Å². The molecule has 0 aliphatic heterocycles. The van der Waals surface area contributed by atoms with Gasteiger partial charge in [-0.3, -0.25) is 4.79 Å². The SMILES string of the molecule is O=C(Nc1ccccc1O)c1csc(NC2CCCC2)n1. The minimum Gasteiger partial charge on any atom is -0.506 e. The molecule has 5 nitrogen and oxygen atoms in total. The van der Waals surface area contributed by atoms with Crippen molar-refractivity contribution in [3.05, 3.63) is 35.3 Å². The molecule has 1 fully saturated rings. The number of benzene rings is 1. The number of hydrogen-bond acceptors (Lipinski definition) is 5. The van der Waals surface area contributed by atoms with Crippen LogP contribution in [-0.2, 0) is 0 Å². The van der Waals surface area contributed by atoms with Crippen molar-refractivity contribution in [3.63, 3.8) is 0 Å². The summed E-state index contributed by atoms with van der Waals surface area (Å²) < 4.78 is 0. The van der Waals surface area contributed by atoms with Crippen LogP contribution in [0.4, 0.5) is 10.8 Å². The van der Waals surface area contributed by atoms with Crippen LogP contribution in [0.1, 0.15) is 36.2 Å². The smallest absolute Gasteiger partial charge is 0.275 e. The summed E-state index contributed by atoms with van der Waals surface area (Å²) in [6.07, 6.45) is 4.84. The van der Waals surface area contributed by atoms with Gasteiger partial charge in [-0.2, -0.15) is 0 Å². The van der Waals surface area contributed by atoms with Crippen molar-refractivity contribution in [2.75, 3.05) is 10.6 Å². The molecule has 1 amide bonds. The zero-order chi connectivity index (χ0) is 14.7. The predicted molar refractivity (Wildman–Crippen MR) is 84.1 cm³/mol. The first-order valence-corrected chi connectivity index (χ1v) is 7.92. The molecule has 3 rings (SSSR count). The molecular weight excluding hydrogens is 286 g/mol. The molecule has 1 aromatic heterocycles. The van der Waals surface area contributed by atoms with E-state index in [0.29, 0.717) is 17.4 Å². The Bertz CT molecular complexity index is 635. The average molecular weight is 303 g/mol. The second kappa shape index (κ2) is 6.13. The topological polar surface area (TPSA) is 74.2 Å². The number of aromatic nitrogens is 1. The van der Waals surface area contributed by atoms with E-state index in [1.807, 2.05) is 0 Å². The van der Waals surface area contributed by atoms with Crippen LogP contribution in [0.2, 0.25) is 0 Å². The number of thiazole rings is 1. The van der Waals surface area contributed by atoms with Crippen LogP contribution in [0, 0.1) is 0 Å². The third-order valence-corrected chi connectivity index (χ3v) is 4.35. The van der Waals surface area contributed by atoms with Crippen molar-refractivity contribution >= 4 is 28.1 Å². The molecule has 1 aromatic carbocycles. The van der Waals surface area contributed by atoms with E-state index in [9.17, 15) is 9.90 Å². The minimum atomic E-state index is -0.313. The number of rotatable bonds is 4. The van der Waals surface area contributed by atoms with E-state index in [2.05, 4.69) is 15.6 Å². The Hall–Kier alpha value is -2.08. The Morgan fingerprint density at radius 2 is 2.05 bits per heavy atom. The molecule has 0 spiro atoms. The molecule has 1 aliphatic rings. The van der Waals surface area contributed by atoms with Crippen LogP contribution in [-0.4, -0.2) is 22.0 Å². The maximum absolute atomic E-state index is 12.1. The summed E-state index contributed by atoms with van der Waals surface area (Å²) in [6.45, 7) is 0. The Balaban J connectivity index is 1.65. The van der Waals surface area contributed by atoms with Gasteiger partial charge in [0.05, 0.1) is 5.69 Å². The third-order valence-electron chi connectivity index (χ3n) is 3.57. The summed E-state index contributed by atoms with van der Waals surface area (Å²) in [5.41, 5.74) is 0.754. The zero-order valence-electron chi connectivity index (χ0n) is 11.5. The van der Waals surface area contributed by atoms with E-state index in [-0.39, 0.29) is 11.7 Å². The van der Waals surface area contributed by atoms with E-state index in [1.54, 1.807) is 23.6 Å². The van der Waals surface area contributed by atoms with E-state index in [4.69, 9.17) is 0 Å². The Morgan fingerprint density at radius 3 is 2.81 bits per heavy atom. The van der Waals surface area contributed by atoms with Crippen LogP contribution < -0.4 is 10.6 Å². The van der Waals surface area contributed by atoms with Crippen LogP contribution in [0.3, 0.4) is 0 Å². The normalized spacial score (nSPS) is 15.0. The number of nitrogens with one attached hydrogen (secondary N) is 2. The van der Waals surface area contributed by atoms with Crippen molar-refractivity contribution in [2.45, 2.75) is 31.7 Å². The fraction of sp³-hybridized carbons (Fsp3) is 0.333. The summed E-state index contributed by atoms with van der Waals surface area (Å²) in [5.74, 6) is -0.266. The minimum absolute atomic E-state index is 0.0467. The highest BCUT2D eigenvalue weighted by Gasteiger charge is 2.17. The first-order valence-electron chi connectivity index (χ1n) is 7.04. The lowest BCUT2D eigenvalue weighted by atomic mass is 10.3. The Morgan fingerprint density at radius 1 is 1.29 bits per heavy atom. The second-order valence-corrected chi connectivity index (χ2v) is 5.99. The molecule has 6 heteroatoms. The first kappa shape index (κ1) is 13.9. The number of nitrogens with zero attached hydrogens (tertiary/aromatic N) is 1. The Kier molecular flexibility index (Phi) is 4.06. The highest BCUT2D eigenvalue weighted by Crippen LogP contribution is 2.26. The second-order valence-electron chi connectivity index (χ2n) is 5.13. The fourth-order valence-electron chi connectivity index (χ4n) is 2.45. The van der Waals surface area contributed by atoms with Gasteiger partial charge < -0.3 is 15.7 Å². The monoisotopic (exact) mass is 303 g/mol. The molecular formula is C15H17N3O2S. The van der Waals surface area contributed by atoms with Crippen LogP contribution >= 0.6 is 11.3 Å². The van der Waals surface area contributed by atoms with E-state index < -0.39 is 0 Å². The molecule has 1 saturated carbocycles. The molecule has 1 heterocycles. The molecule has 21 heavy (non-hydrogen) atoms. The van der Waals surface area contributed by atoms with Gasteiger partial charge in [0.1, 0.15) is 11.4 Å². The molecule has 110 valence electrons. The van der Waals surface area contributed by atoms with Gasteiger partial charge in [-0.05, 0) is 25.0 Å². The van der Waals surface area contributed by atoms with Gasteiger partial charge in [-0.1, -0.05) is 25.0 Å². The predicted octanol–water partition coefficient (Wildman–Crippen LogP) is 3.46. The van der Waals surface area contributed by atoms with Crippen LogP contribution in [0.5, 0.6) is 5.75 Å². The number of para-hydroxylation sites is 2. The van der Waals surface area contributed by atoms with Gasteiger partial charge in [-0.15, -0.1) is 11.3 Å². The summed E-state index contributed by atoms with van der Waals surface area (Å²) in [7, 11) is 0. The number of carbonyl (C=O) groups excluding carboxylic acids is 1. The first-order chi connectivity index (χ1) is 10.2. The van der Waals surface area contributed by atoms with Crippen molar-refractivity contribution in [3.8, 4) is 5.75 Å². The van der Waals surface area contributed by atoms with Crippen LogP contribution in [0.15, 0.2) is 29.6 Å². The molecule has 3 N–H and O–H groups in total. The average Bonchev–Trinajstić information content (AvgIpc) is 3.13. The lowest BCUT2D eigenvalue weighted by molar-refractivity contribution is 0.102. The van der Waals surface area contributed by atoms with Gasteiger partial charge in [0, 0.05) is 11.4 Å². The fourth-order valence-corrected chi connectivity index (χ4v) is 3.22. The highest BCUT2D eigenvalue weighted by atomic mass is 32.1. The van der Waals surface area contributed by atoms with Gasteiger partial charge in [-0.25, -0.2) is 4.98 Å². The third kappa shape index (κ3) is 3.33. The maximum Gasteiger partial charge on any atom is 0.275 e. The molecule has 0 radical (unpaired) electrons. The molecule has 0 bridgehead atoms. The molecule has 0 saturated heterocycles. The summed E-state index contributed by atoms with van der Waals surface area (Å²) in [4.78, 5) is 16.4. The summed E-state index contributed by atoms with van der Waals surface area (Å²) >= 11 is 1.43. The molecule has 2 aromatic rings. The van der Waals surface area contributed by atoms with Gasteiger partial charge in [0.15, 0.2) is 5.13 Å². The van der Waals surface area contributed by atoms with Crippen LogP contribution in [0.25, 0.3) is 0 Å². The van der Waals surface area contributed by atoms with Crippen molar-refractivity contribution in [1.82, 2.24) is 4.98 Å². The van der Waals surface area contributed by atoms with Crippen molar-refractivity contribution in [1.29, 1.82) is 0 Å². The van der Waals surface area contributed by atoms with Gasteiger partial charge >= 0.3 is 0 Å². The number of phenols is 1. The zero-order valence-corrected chi connectivity index (χ0v) is 12.3. The van der Waals surface area contributed by atoms with E-state index >= 15 is 0 Å². The lowest BCUT2D eigenvalue weighted by Gasteiger charge is -2.09. The lowest BCUT2D eigenvalue weighted by Crippen LogP contribution is -2.15. The largest absolute Gasteiger partial charge is 0.506 e. The number of amides is 1. The number of aromatic hydroxyl groups is 1. The number of anilines is 2. The van der Waals surface area contributed by atoms with Crippen molar-refractivity contribution in [2.24, 2.45) is 0 Å². The van der Waals surface area contributed by atoms with Gasteiger partial charge in [0.25, 0.3) is 5.91 Å². The standard InChI is InChI=1S/C15H17N3O2S/c19-13-8-4-3-7-11(13)17-14(20)12-9-21-15(18-12)16-10-5-1-2-6-10/h3-4,7-10,19H,1-2,5-6H2,(H,16,18)(H,17,20). The van der Waals surface area contributed by atoms with Gasteiger partial charge in [0.2, 0.25) is 0 Å².